The second-order valence-corrected chi connectivity index (χ2v) is 8.56. The number of aromatic nitrogens is 2. The summed E-state index contributed by atoms with van der Waals surface area (Å²) in [4.78, 5) is 2.36. The van der Waals surface area contributed by atoms with Crippen LogP contribution in [-0.2, 0) is 14.8 Å². The van der Waals surface area contributed by atoms with Crippen LogP contribution in [0.15, 0.2) is 65.6 Å². The third-order valence-corrected chi connectivity index (χ3v) is 6.12. The Hall–Kier alpha value is -2.97. The summed E-state index contributed by atoms with van der Waals surface area (Å²) in [5.74, 6) is 0.813. The smallest absolute Gasteiger partial charge is 0.261 e. The first-order valence-corrected chi connectivity index (χ1v) is 10.9. The predicted octanol–water partition coefficient (Wildman–Crippen LogP) is 3.09. The lowest BCUT2D eigenvalue weighted by Gasteiger charge is -2.27. The summed E-state index contributed by atoms with van der Waals surface area (Å²) in [6.45, 7) is 4.88. The van der Waals surface area contributed by atoms with Gasteiger partial charge in [-0.15, -0.1) is 10.2 Å². The number of benzene rings is 2. The number of hydrogen-bond donors (Lipinski definition) is 1. The summed E-state index contributed by atoms with van der Waals surface area (Å²) in [7, 11) is -3.65. The lowest BCUT2D eigenvalue weighted by atomic mass is 10.1. The van der Waals surface area contributed by atoms with Gasteiger partial charge in [-0.1, -0.05) is 29.8 Å². The molecule has 150 valence electrons. The van der Waals surface area contributed by atoms with Crippen LogP contribution in [0, 0.1) is 6.92 Å². The van der Waals surface area contributed by atoms with Gasteiger partial charge in [-0.2, -0.15) is 0 Å². The molecule has 0 saturated carbocycles. The van der Waals surface area contributed by atoms with Gasteiger partial charge in [0.15, 0.2) is 5.82 Å². The Labute approximate surface area is 170 Å². The molecule has 1 saturated heterocycles. The van der Waals surface area contributed by atoms with Gasteiger partial charge in [0.05, 0.1) is 23.8 Å². The van der Waals surface area contributed by atoms with Gasteiger partial charge in [0.2, 0.25) is 0 Å². The van der Waals surface area contributed by atoms with Crippen molar-refractivity contribution in [3.8, 4) is 11.3 Å². The number of anilines is 2. The standard InChI is InChI=1S/C21H22N4O3S/c1-16-5-7-19(8-6-16)29(26,27)24-18-4-2-3-17(15-18)20-9-10-21(23-22-20)25-11-13-28-14-12-25/h2-10,15,24H,11-14H2,1H3. The maximum Gasteiger partial charge on any atom is 0.261 e. The van der Waals surface area contributed by atoms with E-state index in [9.17, 15) is 8.42 Å². The summed E-state index contributed by atoms with van der Waals surface area (Å²) in [6.07, 6.45) is 0. The molecule has 7 nitrogen and oxygen atoms in total. The third-order valence-electron chi connectivity index (χ3n) is 4.73. The summed E-state index contributed by atoms with van der Waals surface area (Å²) >= 11 is 0. The lowest BCUT2D eigenvalue weighted by Crippen LogP contribution is -2.36. The second-order valence-electron chi connectivity index (χ2n) is 6.88. The van der Waals surface area contributed by atoms with E-state index in [1.807, 2.05) is 25.1 Å². The van der Waals surface area contributed by atoms with Crippen LogP contribution in [0.1, 0.15) is 5.56 Å². The number of morpholine rings is 1. The molecule has 0 amide bonds. The summed E-state index contributed by atoms with van der Waals surface area (Å²) in [5, 5.41) is 8.64. The van der Waals surface area contributed by atoms with E-state index in [0.29, 0.717) is 24.6 Å². The fourth-order valence-corrected chi connectivity index (χ4v) is 4.16. The van der Waals surface area contributed by atoms with Crippen LogP contribution in [-0.4, -0.2) is 44.9 Å². The average Bonchev–Trinajstić information content (AvgIpc) is 2.75. The third kappa shape index (κ3) is 4.55. The predicted molar refractivity (Wildman–Crippen MR) is 112 cm³/mol. The van der Waals surface area contributed by atoms with E-state index in [-0.39, 0.29) is 4.90 Å². The van der Waals surface area contributed by atoms with Gasteiger partial charge in [0.25, 0.3) is 10.0 Å². The van der Waals surface area contributed by atoms with E-state index in [0.717, 1.165) is 30.0 Å². The fourth-order valence-electron chi connectivity index (χ4n) is 3.11. The Morgan fingerprint density at radius 2 is 1.72 bits per heavy atom. The number of ether oxygens (including phenoxy) is 1. The SMILES string of the molecule is Cc1ccc(S(=O)(=O)Nc2cccc(-c3ccc(N4CCOCC4)nn3)c2)cc1. The van der Waals surface area contributed by atoms with Crippen LogP contribution in [0.4, 0.5) is 11.5 Å². The molecule has 1 aliphatic heterocycles. The van der Waals surface area contributed by atoms with Crippen molar-refractivity contribution in [2.45, 2.75) is 11.8 Å². The minimum atomic E-state index is -3.65. The molecule has 2 aromatic carbocycles. The molecular weight excluding hydrogens is 388 g/mol. The summed E-state index contributed by atoms with van der Waals surface area (Å²) in [5.41, 5.74) is 2.95. The Morgan fingerprint density at radius 1 is 0.966 bits per heavy atom. The van der Waals surface area contributed by atoms with Crippen molar-refractivity contribution in [1.82, 2.24) is 10.2 Å². The van der Waals surface area contributed by atoms with E-state index in [1.54, 1.807) is 42.5 Å². The van der Waals surface area contributed by atoms with Crippen molar-refractivity contribution >= 4 is 21.5 Å². The number of nitrogens with zero attached hydrogens (tertiary/aromatic N) is 3. The Bertz CT molecular complexity index is 1080. The molecule has 29 heavy (non-hydrogen) atoms. The molecule has 1 aromatic heterocycles. The molecule has 0 radical (unpaired) electrons. The Balaban J connectivity index is 1.53. The second kappa shape index (κ2) is 8.18. The first kappa shape index (κ1) is 19.4. The fraction of sp³-hybridized carbons (Fsp3) is 0.238. The molecule has 0 aliphatic carbocycles. The highest BCUT2D eigenvalue weighted by atomic mass is 32.2. The topological polar surface area (TPSA) is 84.4 Å². The highest BCUT2D eigenvalue weighted by molar-refractivity contribution is 7.92. The van der Waals surface area contributed by atoms with Gasteiger partial charge in [0, 0.05) is 24.3 Å². The zero-order valence-electron chi connectivity index (χ0n) is 16.1. The number of aryl methyl sites for hydroxylation is 1. The molecule has 0 atom stereocenters. The number of nitrogens with one attached hydrogen (secondary N) is 1. The van der Waals surface area contributed by atoms with Crippen LogP contribution in [0.2, 0.25) is 0 Å². The molecule has 0 unspecified atom stereocenters. The zero-order valence-corrected chi connectivity index (χ0v) is 16.9. The normalized spacial score (nSPS) is 14.6. The van der Waals surface area contributed by atoms with Crippen LogP contribution in [0.5, 0.6) is 0 Å². The minimum Gasteiger partial charge on any atom is -0.378 e. The summed E-state index contributed by atoms with van der Waals surface area (Å²) in [6, 6.07) is 17.7. The molecule has 1 N–H and O–H groups in total. The number of hydrogen-bond acceptors (Lipinski definition) is 6. The maximum atomic E-state index is 12.6. The highest BCUT2D eigenvalue weighted by Crippen LogP contribution is 2.24. The minimum absolute atomic E-state index is 0.225. The molecule has 4 rings (SSSR count). The monoisotopic (exact) mass is 410 g/mol. The van der Waals surface area contributed by atoms with E-state index in [4.69, 9.17) is 4.74 Å². The molecule has 2 heterocycles. The lowest BCUT2D eigenvalue weighted by molar-refractivity contribution is 0.122. The quantitative estimate of drug-likeness (QED) is 0.696. The number of sulfonamides is 1. The van der Waals surface area contributed by atoms with Gasteiger partial charge in [-0.05, 0) is 43.3 Å². The van der Waals surface area contributed by atoms with Gasteiger partial charge in [-0.3, -0.25) is 4.72 Å². The van der Waals surface area contributed by atoms with Crippen molar-refractivity contribution in [2.24, 2.45) is 0 Å². The molecule has 1 aliphatic rings. The van der Waals surface area contributed by atoms with Crippen LogP contribution < -0.4 is 9.62 Å². The molecule has 8 heteroatoms. The maximum absolute atomic E-state index is 12.6. The van der Waals surface area contributed by atoms with Gasteiger partial charge >= 0.3 is 0 Å². The van der Waals surface area contributed by atoms with Crippen molar-refractivity contribution in [3.05, 3.63) is 66.2 Å². The molecule has 0 spiro atoms. The van der Waals surface area contributed by atoms with Crippen molar-refractivity contribution in [2.75, 3.05) is 35.9 Å². The van der Waals surface area contributed by atoms with E-state index < -0.39 is 10.0 Å². The average molecular weight is 410 g/mol. The van der Waals surface area contributed by atoms with Crippen LogP contribution >= 0.6 is 0 Å². The van der Waals surface area contributed by atoms with Crippen molar-refractivity contribution in [1.29, 1.82) is 0 Å². The van der Waals surface area contributed by atoms with E-state index in [2.05, 4.69) is 19.8 Å². The first-order chi connectivity index (χ1) is 14.0. The van der Waals surface area contributed by atoms with Gasteiger partial charge in [0.1, 0.15) is 0 Å². The largest absolute Gasteiger partial charge is 0.378 e. The van der Waals surface area contributed by atoms with Crippen molar-refractivity contribution in [3.63, 3.8) is 0 Å². The van der Waals surface area contributed by atoms with Crippen LogP contribution in [0.25, 0.3) is 11.3 Å². The molecule has 0 bridgehead atoms. The molecular formula is C21H22N4O3S. The van der Waals surface area contributed by atoms with Gasteiger partial charge in [-0.25, -0.2) is 8.42 Å². The first-order valence-electron chi connectivity index (χ1n) is 9.38. The van der Waals surface area contributed by atoms with E-state index in [1.165, 1.54) is 0 Å². The molecule has 3 aromatic rings. The Morgan fingerprint density at radius 3 is 2.41 bits per heavy atom. The number of rotatable bonds is 5. The van der Waals surface area contributed by atoms with Gasteiger partial charge < -0.3 is 9.64 Å². The van der Waals surface area contributed by atoms with E-state index >= 15 is 0 Å². The zero-order chi connectivity index (χ0) is 20.3. The highest BCUT2D eigenvalue weighted by Gasteiger charge is 2.15. The summed E-state index contributed by atoms with van der Waals surface area (Å²) < 4.78 is 33.2. The molecule has 1 fully saturated rings. The Kier molecular flexibility index (Phi) is 5.46. The van der Waals surface area contributed by atoms with Crippen molar-refractivity contribution < 1.29 is 13.2 Å². The van der Waals surface area contributed by atoms with Crippen LogP contribution in [0.3, 0.4) is 0 Å².